The first-order valence-corrected chi connectivity index (χ1v) is 6.08. The van der Waals surface area contributed by atoms with Gasteiger partial charge < -0.3 is 10.4 Å². The maximum atomic E-state index is 10.3. The molecular weight excluding hydrogens is 186 g/mol. The molecule has 1 saturated carbocycles. The molecule has 0 aromatic carbocycles. The van der Waals surface area contributed by atoms with Crippen molar-refractivity contribution in [2.45, 2.75) is 52.1 Å². The van der Waals surface area contributed by atoms with Gasteiger partial charge in [0.15, 0.2) is 0 Å². The minimum atomic E-state index is -0.451. The van der Waals surface area contributed by atoms with E-state index in [1.807, 2.05) is 0 Å². The van der Waals surface area contributed by atoms with Crippen LogP contribution in [0.2, 0.25) is 0 Å². The fourth-order valence-electron chi connectivity index (χ4n) is 2.37. The molecule has 2 N–H and O–H groups in total. The predicted molar refractivity (Wildman–Crippen MR) is 64.9 cm³/mol. The summed E-state index contributed by atoms with van der Waals surface area (Å²) >= 11 is 0. The number of hydrogen-bond donors (Lipinski definition) is 2. The highest BCUT2D eigenvalue weighted by molar-refractivity contribution is 4.95. The molecule has 1 aliphatic rings. The Balaban J connectivity index is 2.27. The van der Waals surface area contributed by atoms with Gasteiger partial charge in [-0.1, -0.05) is 31.4 Å². The molecule has 88 valence electrons. The van der Waals surface area contributed by atoms with Crippen molar-refractivity contribution >= 4 is 0 Å². The van der Waals surface area contributed by atoms with E-state index in [-0.39, 0.29) is 0 Å². The Morgan fingerprint density at radius 3 is 2.87 bits per heavy atom. The highest BCUT2D eigenvalue weighted by Gasteiger charge is 2.31. The lowest BCUT2D eigenvalue weighted by molar-refractivity contribution is -0.0109. The Morgan fingerprint density at radius 1 is 1.53 bits per heavy atom. The monoisotopic (exact) mass is 211 g/mol. The maximum absolute atomic E-state index is 10.3. The van der Waals surface area contributed by atoms with E-state index in [9.17, 15) is 5.11 Å². The second kappa shape index (κ2) is 5.66. The van der Waals surface area contributed by atoms with Gasteiger partial charge in [-0.05, 0) is 32.6 Å². The van der Waals surface area contributed by atoms with Gasteiger partial charge in [0.1, 0.15) is 0 Å². The topological polar surface area (TPSA) is 32.3 Å². The molecule has 15 heavy (non-hydrogen) atoms. The second-order valence-electron chi connectivity index (χ2n) is 5.34. The van der Waals surface area contributed by atoms with Gasteiger partial charge in [-0.15, -0.1) is 0 Å². The quantitative estimate of drug-likeness (QED) is 0.553. The molecule has 0 spiro atoms. The van der Waals surface area contributed by atoms with Crippen LogP contribution < -0.4 is 5.32 Å². The lowest BCUT2D eigenvalue weighted by Crippen LogP contribution is -2.44. The van der Waals surface area contributed by atoms with Crippen molar-refractivity contribution in [3.8, 4) is 0 Å². The molecule has 2 atom stereocenters. The third-order valence-corrected chi connectivity index (χ3v) is 3.18. The van der Waals surface area contributed by atoms with Gasteiger partial charge in [-0.25, -0.2) is 0 Å². The zero-order chi connectivity index (χ0) is 11.3. The largest absolute Gasteiger partial charge is 0.389 e. The van der Waals surface area contributed by atoms with Crippen molar-refractivity contribution in [3.05, 3.63) is 11.6 Å². The molecule has 0 aromatic rings. The maximum Gasteiger partial charge on any atom is 0.0774 e. The van der Waals surface area contributed by atoms with Gasteiger partial charge in [-0.2, -0.15) is 0 Å². The minimum Gasteiger partial charge on any atom is -0.389 e. The molecule has 2 unspecified atom stereocenters. The Labute approximate surface area is 93.8 Å². The second-order valence-corrected chi connectivity index (χ2v) is 5.34. The molecule has 1 aliphatic carbocycles. The number of allylic oxidation sites excluding steroid dienone is 1. The molecule has 1 fully saturated rings. The van der Waals surface area contributed by atoms with E-state index in [0.717, 1.165) is 25.9 Å². The van der Waals surface area contributed by atoms with Crippen molar-refractivity contribution in [1.29, 1.82) is 0 Å². The lowest BCUT2D eigenvalue weighted by atomic mass is 9.79. The highest BCUT2D eigenvalue weighted by atomic mass is 16.3. The first-order valence-electron chi connectivity index (χ1n) is 6.08. The molecule has 2 heteroatoms. The summed E-state index contributed by atoms with van der Waals surface area (Å²) in [4.78, 5) is 0. The molecule has 0 aliphatic heterocycles. The van der Waals surface area contributed by atoms with Crippen LogP contribution in [0.4, 0.5) is 0 Å². The van der Waals surface area contributed by atoms with Gasteiger partial charge in [0.25, 0.3) is 0 Å². The minimum absolute atomic E-state index is 0.451. The summed E-state index contributed by atoms with van der Waals surface area (Å²) in [6.45, 7) is 8.04. The van der Waals surface area contributed by atoms with Crippen LogP contribution in [-0.4, -0.2) is 23.8 Å². The van der Waals surface area contributed by atoms with E-state index < -0.39 is 5.60 Å². The lowest BCUT2D eigenvalue weighted by Gasteiger charge is -2.35. The first-order chi connectivity index (χ1) is 7.02. The Kier molecular flexibility index (Phi) is 4.81. The van der Waals surface area contributed by atoms with Crippen LogP contribution in [0.1, 0.15) is 46.5 Å². The van der Waals surface area contributed by atoms with E-state index in [0.29, 0.717) is 5.92 Å². The summed E-state index contributed by atoms with van der Waals surface area (Å²) in [6.07, 6.45) is 6.52. The number of rotatable bonds is 4. The van der Waals surface area contributed by atoms with Crippen LogP contribution in [0.3, 0.4) is 0 Å². The Morgan fingerprint density at radius 2 is 2.27 bits per heavy atom. The normalized spacial score (nSPS) is 31.3. The SMILES string of the molecule is CC(C)=CCNCC1(O)CCCC(C)C1. The fourth-order valence-corrected chi connectivity index (χ4v) is 2.37. The number of nitrogens with one attached hydrogen (secondary N) is 1. The summed E-state index contributed by atoms with van der Waals surface area (Å²) in [5.41, 5.74) is 0.874. The molecule has 0 saturated heterocycles. The highest BCUT2D eigenvalue weighted by Crippen LogP contribution is 2.31. The average molecular weight is 211 g/mol. The summed E-state index contributed by atoms with van der Waals surface area (Å²) in [7, 11) is 0. The summed E-state index contributed by atoms with van der Waals surface area (Å²) < 4.78 is 0. The third kappa shape index (κ3) is 4.80. The van der Waals surface area contributed by atoms with E-state index in [1.165, 1.54) is 18.4 Å². The van der Waals surface area contributed by atoms with Crippen LogP contribution >= 0.6 is 0 Å². The summed E-state index contributed by atoms with van der Waals surface area (Å²) in [6, 6.07) is 0. The first kappa shape index (κ1) is 12.7. The molecular formula is C13H25NO. The zero-order valence-electron chi connectivity index (χ0n) is 10.3. The molecule has 0 heterocycles. The van der Waals surface area contributed by atoms with Crippen molar-refractivity contribution in [2.24, 2.45) is 5.92 Å². The van der Waals surface area contributed by atoms with E-state index in [1.54, 1.807) is 0 Å². The van der Waals surface area contributed by atoms with Crippen molar-refractivity contribution in [1.82, 2.24) is 5.32 Å². The Bertz CT molecular complexity index is 221. The molecule has 0 radical (unpaired) electrons. The van der Waals surface area contributed by atoms with Crippen LogP contribution in [0.25, 0.3) is 0 Å². The average Bonchev–Trinajstić information content (AvgIpc) is 2.12. The van der Waals surface area contributed by atoms with Crippen LogP contribution in [0.15, 0.2) is 11.6 Å². The predicted octanol–water partition coefficient (Wildman–Crippen LogP) is 2.48. The molecule has 0 bridgehead atoms. The molecule has 2 nitrogen and oxygen atoms in total. The molecule has 0 amide bonds. The third-order valence-electron chi connectivity index (χ3n) is 3.18. The van der Waals surface area contributed by atoms with E-state index >= 15 is 0 Å². The van der Waals surface area contributed by atoms with Crippen LogP contribution in [0.5, 0.6) is 0 Å². The van der Waals surface area contributed by atoms with Gasteiger partial charge in [-0.3, -0.25) is 0 Å². The van der Waals surface area contributed by atoms with Gasteiger partial charge in [0, 0.05) is 13.1 Å². The molecule has 1 rings (SSSR count). The summed E-state index contributed by atoms with van der Waals surface area (Å²) in [5.74, 6) is 0.675. The standard InChI is InChI=1S/C13H25NO/c1-11(2)6-8-14-10-13(15)7-4-5-12(3)9-13/h6,12,14-15H,4-5,7-10H2,1-3H3. The van der Waals surface area contributed by atoms with Crippen LogP contribution in [-0.2, 0) is 0 Å². The van der Waals surface area contributed by atoms with Crippen LogP contribution in [0, 0.1) is 5.92 Å². The van der Waals surface area contributed by atoms with Crippen molar-refractivity contribution < 1.29 is 5.11 Å². The zero-order valence-corrected chi connectivity index (χ0v) is 10.3. The fraction of sp³-hybridized carbons (Fsp3) is 0.846. The molecule has 0 aromatic heterocycles. The Hall–Kier alpha value is -0.340. The van der Waals surface area contributed by atoms with Gasteiger partial charge in [0.2, 0.25) is 0 Å². The summed E-state index contributed by atoms with van der Waals surface area (Å²) in [5, 5.41) is 13.6. The van der Waals surface area contributed by atoms with Crippen molar-refractivity contribution in [2.75, 3.05) is 13.1 Å². The van der Waals surface area contributed by atoms with E-state index in [2.05, 4.69) is 32.2 Å². The van der Waals surface area contributed by atoms with Gasteiger partial charge in [0.05, 0.1) is 5.60 Å². The smallest absolute Gasteiger partial charge is 0.0774 e. The van der Waals surface area contributed by atoms with Gasteiger partial charge >= 0.3 is 0 Å². The number of hydrogen-bond acceptors (Lipinski definition) is 2. The van der Waals surface area contributed by atoms with Crippen molar-refractivity contribution in [3.63, 3.8) is 0 Å². The number of aliphatic hydroxyl groups is 1. The van der Waals surface area contributed by atoms with E-state index in [4.69, 9.17) is 0 Å².